The van der Waals surface area contributed by atoms with Crippen LogP contribution in [0, 0.1) is 6.92 Å². The zero-order valence-corrected chi connectivity index (χ0v) is 20.0. The highest BCUT2D eigenvalue weighted by Gasteiger charge is 2.14. The molecule has 0 saturated carbocycles. The number of hydrogen-bond donors (Lipinski definition) is 1. The van der Waals surface area contributed by atoms with Crippen molar-refractivity contribution in [1.82, 2.24) is 20.2 Å². The number of nitrogens with one attached hydrogen (secondary N) is 1. The Balaban J connectivity index is 1.30. The van der Waals surface area contributed by atoms with E-state index in [-0.39, 0.29) is 5.91 Å². The molecule has 0 fully saturated rings. The van der Waals surface area contributed by atoms with Gasteiger partial charge in [-0.15, -0.1) is 10.2 Å². The number of amides is 1. The number of aromatic nitrogens is 4. The first-order chi connectivity index (χ1) is 17.2. The van der Waals surface area contributed by atoms with Crippen molar-refractivity contribution < 1.29 is 4.79 Å². The molecule has 0 bridgehead atoms. The third-order valence-corrected chi connectivity index (χ3v) is 6.28. The van der Waals surface area contributed by atoms with Gasteiger partial charge in [-0.25, -0.2) is 4.98 Å². The molecule has 7 heteroatoms. The lowest BCUT2D eigenvalue weighted by molar-refractivity contribution is -0.115. The van der Waals surface area contributed by atoms with Crippen LogP contribution >= 0.6 is 11.8 Å². The van der Waals surface area contributed by atoms with Crippen LogP contribution in [0.3, 0.4) is 0 Å². The van der Waals surface area contributed by atoms with Crippen molar-refractivity contribution >= 4 is 34.3 Å². The molecule has 6 nitrogen and oxygen atoms in total. The summed E-state index contributed by atoms with van der Waals surface area (Å²) in [7, 11) is 0. The second-order valence-corrected chi connectivity index (χ2v) is 9.06. The Labute approximate surface area is 207 Å². The largest absolute Gasteiger partial charge is 0.325 e. The number of rotatable bonds is 7. The minimum Gasteiger partial charge on any atom is -0.325 e. The molecule has 2 aromatic heterocycles. The van der Waals surface area contributed by atoms with Crippen LogP contribution < -0.4 is 5.32 Å². The highest BCUT2D eigenvalue weighted by Crippen LogP contribution is 2.30. The topological polar surface area (TPSA) is 80.7 Å². The van der Waals surface area contributed by atoms with Gasteiger partial charge in [0.1, 0.15) is 11.4 Å². The molecule has 0 atom stereocenters. The average molecular weight is 478 g/mol. The fourth-order valence-corrected chi connectivity index (χ4v) is 4.54. The van der Waals surface area contributed by atoms with Gasteiger partial charge in [0.15, 0.2) is 0 Å². The maximum absolute atomic E-state index is 12.7. The molecule has 0 radical (unpaired) electrons. The van der Waals surface area contributed by atoms with Gasteiger partial charge in [-0.2, -0.15) is 0 Å². The van der Waals surface area contributed by atoms with Crippen molar-refractivity contribution in [3.8, 4) is 22.5 Å². The number of anilines is 1. The van der Waals surface area contributed by atoms with E-state index < -0.39 is 0 Å². The van der Waals surface area contributed by atoms with E-state index in [0.29, 0.717) is 17.3 Å². The minimum absolute atomic E-state index is 0.0644. The van der Waals surface area contributed by atoms with Crippen LogP contribution in [0.1, 0.15) is 12.1 Å². The van der Waals surface area contributed by atoms with Crippen molar-refractivity contribution in [2.24, 2.45) is 0 Å². The Hall–Kier alpha value is -4.10. The SMILES string of the molecule is Cc1cc(NC(=O)CCSc2nnc(-c3ccccc3)c(-c3ccccc3)n2)c2ccccc2n1. The van der Waals surface area contributed by atoms with E-state index in [1.165, 1.54) is 11.8 Å². The molecule has 3 aromatic carbocycles. The number of carbonyl (C=O) groups excluding carboxylic acids is 1. The average Bonchev–Trinajstić information content (AvgIpc) is 2.89. The maximum atomic E-state index is 12.7. The lowest BCUT2D eigenvalue weighted by Crippen LogP contribution is -2.13. The number of para-hydroxylation sites is 1. The first-order valence-electron chi connectivity index (χ1n) is 11.3. The second-order valence-electron chi connectivity index (χ2n) is 8.00. The molecule has 2 heterocycles. The standard InChI is InChI=1S/C28H23N5OS/c1-19-18-24(22-14-8-9-15-23(22)29-19)30-25(34)16-17-35-28-31-26(20-10-4-2-5-11-20)27(32-33-28)21-12-6-3-7-13-21/h2-15,18H,16-17H2,1H3,(H,29,30,34). The molecule has 0 saturated heterocycles. The number of hydrogen-bond acceptors (Lipinski definition) is 6. The number of benzene rings is 3. The third kappa shape index (κ3) is 5.36. The summed E-state index contributed by atoms with van der Waals surface area (Å²) in [5, 5.41) is 13.3. The normalized spacial score (nSPS) is 10.9. The first-order valence-corrected chi connectivity index (χ1v) is 12.3. The molecule has 0 aliphatic carbocycles. The van der Waals surface area contributed by atoms with E-state index in [9.17, 15) is 4.79 Å². The maximum Gasteiger partial charge on any atom is 0.225 e. The van der Waals surface area contributed by atoms with Gasteiger partial charge >= 0.3 is 0 Å². The van der Waals surface area contributed by atoms with Crippen molar-refractivity contribution in [2.75, 3.05) is 11.1 Å². The van der Waals surface area contributed by atoms with Gasteiger partial charge in [0.05, 0.1) is 11.2 Å². The van der Waals surface area contributed by atoms with Gasteiger partial charge in [0.2, 0.25) is 11.1 Å². The Morgan fingerprint density at radius 2 is 1.46 bits per heavy atom. The lowest BCUT2D eigenvalue weighted by atomic mass is 10.0. The number of nitrogens with zero attached hydrogens (tertiary/aromatic N) is 4. The van der Waals surface area contributed by atoms with Gasteiger partial charge in [-0.3, -0.25) is 9.78 Å². The molecule has 1 N–H and O–H groups in total. The highest BCUT2D eigenvalue weighted by molar-refractivity contribution is 7.99. The summed E-state index contributed by atoms with van der Waals surface area (Å²) in [5.41, 5.74) is 5.95. The van der Waals surface area contributed by atoms with Gasteiger partial charge in [-0.1, -0.05) is 90.6 Å². The molecule has 5 aromatic rings. The lowest BCUT2D eigenvalue weighted by Gasteiger charge is -2.10. The predicted octanol–water partition coefficient (Wildman–Crippen LogP) is 6.18. The van der Waals surface area contributed by atoms with Gasteiger partial charge in [0.25, 0.3) is 0 Å². The number of pyridine rings is 1. The van der Waals surface area contributed by atoms with Crippen LogP contribution in [0.2, 0.25) is 0 Å². The van der Waals surface area contributed by atoms with Gasteiger partial charge in [-0.05, 0) is 19.1 Å². The van der Waals surface area contributed by atoms with Gasteiger partial charge in [0, 0.05) is 34.4 Å². The molecule has 0 unspecified atom stereocenters. The fraction of sp³-hybridized carbons (Fsp3) is 0.107. The van der Waals surface area contributed by atoms with Crippen LogP contribution in [0.25, 0.3) is 33.4 Å². The monoisotopic (exact) mass is 477 g/mol. The molecule has 5 rings (SSSR count). The number of fused-ring (bicyclic) bond motifs is 1. The Bertz CT molecular complexity index is 1480. The van der Waals surface area contributed by atoms with Crippen molar-refractivity contribution in [3.63, 3.8) is 0 Å². The summed E-state index contributed by atoms with van der Waals surface area (Å²) in [6.07, 6.45) is 0.324. The minimum atomic E-state index is -0.0644. The zero-order chi connectivity index (χ0) is 24.0. The summed E-state index contributed by atoms with van der Waals surface area (Å²) in [5.74, 6) is 0.472. The van der Waals surface area contributed by atoms with E-state index >= 15 is 0 Å². The van der Waals surface area contributed by atoms with Gasteiger partial charge < -0.3 is 5.32 Å². The molecule has 0 aliphatic heterocycles. The Morgan fingerprint density at radius 3 is 2.20 bits per heavy atom. The molecule has 0 spiro atoms. The van der Waals surface area contributed by atoms with Crippen molar-refractivity contribution in [2.45, 2.75) is 18.5 Å². The molecule has 172 valence electrons. The summed E-state index contributed by atoms with van der Waals surface area (Å²) >= 11 is 1.42. The van der Waals surface area contributed by atoms with E-state index in [4.69, 9.17) is 4.98 Å². The molecule has 35 heavy (non-hydrogen) atoms. The Morgan fingerprint density at radius 1 is 0.800 bits per heavy atom. The Kier molecular flexibility index (Phi) is 6.77. The van der Waals surface area contributed by atoms with Crippen LogP contribution in [0.5, 0.6) is 0 Å². The zero-order valence-electron chi connectivity index (χ0n) is 19.2. The van der Waals surface area contributed by atoms with E-state index in [0.717, 1.165) is 44.8 Å². The summed E-state index contributed by atoms with van der Waals surface area (Å²) in [6.45, 7) is 1.92. The smallest absolute Gasteiger partial charge is 0.225 e. The van der Waals surface area contributed by atoms with Crippen molar-refractivity contribution in [3.05, 3.63) is 96.7 Å². The predicted molar refractivity (Wildman–Crippen MR) is 141 cm³/mol. The summed E-state index contributed by atoms with van der Waals surface area (Å²) in [6, 6.07) is 29.6. The van der Waals surface area contributed by atoms with E-state index in [2.05, 4.69) is 20.5 Å². The summed E-state index contributed by atoms with van der Waals surface area (Å²) < 4.78 is 0. The first kappa shape index (κ1) is 22.7. The van der Waals surface area contributed by atoms with E-state index in [1.54, 1.807) is 0 Å². The number of thioether (sulfide) groups is 1. The van der Waals surface area contributed by atoms with Crippen LogP contribution in [-0.4, -0.2) is 31.8 Å². The summed E-state index contributed by atoms with van der Waals surface area (Å²) in [4.78, 5) is 22.0. The van der Waals surface area contributed by atoms with Crippen LogP contribution in [0.4, 0.5) is 5.69 Å². The quantitative estimate of drug-likeness (QED) is 0.282. The second kappa shape index (κ2) is 10.4. The molecular weight excluding hydrogens is 454 g/mol. The number of aryl methyl sites for hydroxylation is 1. The highest BCUT2D eigenvalue weighted by atomic mass is 32.2. The van der Waals surface area contributed by atoms with Crippen LogP contribution in [-0.2, 0) is 4.79 Å². The molecule has 0 aliphatic rings. The van der Waals surface area contributed by atoms with Crippen LogP contribution in [0.15, 0.2) is 96.2 Å². The number of carbonyl (C=O) groups is 1. The van der Waals surface area contributed by atoms with Crippen molar-refractivity contribution in [1.29, 1.82) is 0 Å². The molecular formula is C28H23N5OS. The molecule has 1 amide bonds. The van der Waals surface area contributed by atoms with E-state index in [1.807, 2.05) is 97.9 Å². The third-order valence-electron chi connectivity index (χ3n) is 5.44. The fourth-order valence-electron chi connectivity index (χ4n) is 3.82.